The molecule has 1 heterocycles. The van der Waals surface area contributed by atoms with E-state index >= 15 is 0 Å². The smallest absolute Gasteiger partial charge is 0.243 e. The number of nitrogens with one attached hydrogen (secondary N) is 2. The van der Waals surface area contributed by atoms with Crippen molar-refractivity contribution in [1.29, 1.82) is 0 Å². The normalized spacial score (nSPS) is 13.0. The zero-order valence-corrected chi connectivity index (χ0v) is 18.2. The summed E-state index contributed by atoms with van der Waals surface area (Å²) in [6.45, 7) is 2.25. The van der Waals surface area contributed by atoms with Crippen LogP contribution in [0.1, 0.15) is 30.4 Å². The summed E-state index contributed by atoms with van der Waals surface area (Å²) in [6.07, 6.45) is 0.749. The van der Waals surface area contributed by atoms with Crippen molar-refractivity contribution in [3.05, 3.63) is 64.1 Å². The number of benzene rings is 2. The SMILES string of the molecule is Cc1cc(Br)ccc1NC(=O)CNC(=O)CCC(=O)N1CCC(c2ccccc2)=N1. The average molecular weight is 471 g/mol. The molecule has 0 aliphatic carbocycles. The molecule has 7 nitrogen and oxygen atoms in total. The number of rotatable bonds is 7. The summed E-state index contributed by atoms with van der Waals surface area (Å²) in [5, 5.41) is 11.1. The van der Waals surface area contributed by atoms with Crippen LogP contribution in [-0.2, 0) is 14.4 Å². The molecular formula is C22H23BrN4O3. The summed E-state index contributed by atoms with van der Waals surface area (Å²) in [6, 6.07) is 15.2. The minimum Gasteiger partial charge on any atom is -0.347 e. The number of halogens is 1. The first kappa shape index (κ1) is 21.7. The molecule has 2 aromatic carbocycles. The maximum atomic E-state index is 12.3. The molecule has 1 aliphatic rings. The molecule has 0 unspecified atom stereocenters. The van der Waals surface area contributed by atoms with E-state index in [4.69, 9.17) is 0 Å². The van der Waals surface area contributed by atoms with Crippen molar-refractivity contribution in [2.75, 3.05) is 18.4 Å². The third-order valence-corrected chi connectivity index (χ3v) is 5.16. The quantitative estimate of drug-likeness (QED) is 0.650. The maximum Gasteiger partial charge on any atom is 0.243 e. The average Bonchev–Trinajstić information content (AvgIpc) is 3.23. The minimum absolute atomic E-state index is 0.0100. The highest BCUT2D eigenvalue weighted by atomic mass is 79.9. The van der Waals surface area contributed by atoms with Gasteiger partial charge >= 0.3 is 0 Å². The van der Waals surface area contributed by atoms with Crippen LogP contribution in [0.15, 0.2) is 58.1 Å². The highest BCUT2D eigenvalue weighted by Crippen LogP contribution is 2.20. The Labute approximate surface area is 183 Å². The van der Waals surface area contributed by atoms with Crippen LogP contribution in [0.4, 0.5) is 5.69 Å². The highest BCUT2D eigenvalue weighted by molar-refractivity contribution is 9.10. The van der Waals surface area contributed by atoms with Crippen LogP contribution in [-0.4, -0.2) is 41.5 Å². The number of hydrazone groups is 1. The number of carbonyl (C=O) groups excluding carboxylic acids is 3. The molecular weight excluding hydrogens is 448 g/mol. The molecule has 0 fully saturated rings. The minimum atomic E-state index is -0.350. The first-order valence-electron chi connectivity index (χ1n) is 9.68. The van der Waals surface area contributed by atoms with Crippen molar-refractivity contribution in [1.82, 2.24) is 10.3 Å². The van der Waals surface area contributed by atoms with Crippen molar-refractivity contribution >= 4 is 45.1 Å². The monoisotopic (exact) mass is 470 g/mol. The van der Waals surface area contributed by atoms with E-state index in [2.05, 4.69) is 31.7 Å². The fourth-order valence-electron chi connectivity index (χ4n) is 3.05. The molecule has 0 atom stereocenters. The van der Waals surface area contributed by atoms with Gasteiger partial charge in [0.05, 0.1) is 18.8 Å². The van der Waals surface area contributed by atoms with Gasteiger partial charge in [0.15, 0.2) is 0 Å². The Kier molecular flexibility index (Phi) is 7.35. The standard InChI is InChI=1S/C22H23BrN4O3/c1-15-13-17(23)7-8-18(15)25-21(29)14-24-20(28)9-10-22(30)27-12-11-19(26-27)16-5-3-2-4-6-16/h2-8,13H,9-12,14H2,1H3,(H,24,28)(H,25,29). The lowest BCUT2D eigenvalue weighted by atomic mass is 10.1. The van der Waals surface area contributed by atoms with Crippen molar-refractivity contribution in [2.24, 2.45) is 5.10 Å². The number of hydrogen-bond donors (Lipinski definition) is 2. The van der Waals surface area contributed by atoms with E-state index in [-0.39, 0.29) is 37.1 Å². The van der Waals surface area contributed by atoms with Crippen LogP contribution < -0.4 is 10.6 Å². The summed E-state index contributed by atoms with van der Waals surface area (Å²) < 4.78 is 0.925. The van der Waals surface area contributed by atoms with Crippen molar-refractivity contribution in [3.8, 4) is 0 Å². The lowest BCUT2D eigenvalue weighted by molar-refractivity contribution is -0.133. The van der Waals surface area contributed by atoms with Crippen molar-refractivity contribution in [2.45, 2.75) is 26.2 Å². The van der Waals surface area contributed by atoms with E-state index in [1.54, 1.807) is 6.07 Å². The Morgan fingerprint density at radius 2 is 1.83 bits per heavy atom. The Morgan fingerprint density at radius 1 is 1.07 bits per heavy atom. The second-order valence-corrected chi connectivity index (χ2v) is 7.88. The number of anilines is 1. The van der Waals surface area contributed by atoms with E-state index in [1.165, 1.54) is 5.01 Å². The van der Waals surface area contributed by atoms with Crippen LogP contribution in [0.25, 0.3) is 0 Å². The van der Waals surface area contributed by atoms with Crippen molar-refractivity contribution < 1.29 is 14.4 Å². The molecule has 3 rings (SSSR count). The molecule has 0 radical (unpaired) electrons. The molecule has 0 saturated carbocycles. The van der Waals surface area contributed by atoms with E-state index in [0.717, 1.165) is 21.3 Å². The van der Waals surface area contributed by atoms with Crippen molar-refractivity contribution in [3.63, 3.8) is 0 Å². The summed E-state index contributed by atoms with van der Waals surface area (Å²) in [4.78, 5) is 36.4. The Hall–Kier alpha value is -3.00. The summed E-state index contributed by atoms with van der Waals surface area (Å²) in [5.74, 6) is -0.875. The fourth-order valence-corrected chi connectivity index (χ4v) is 3.52. The van der Waals surface area contributed by atoms with Crippen LogP contribution in [0.3, 0.4) is 0 Å². The second kappa shape index (κ2) is 10.2. The van der Waals surface area contributed by atoms with Gasteiger partial charge in [-0.1, -0.05) is 46.3 Å². The first-order valence-corrected chi connectivity index (χ1v) is 10.5. The lowest BCUT2D eigenvalue weighted by Crippen LogP contribution is -2.34. The summed E-state index contributed by atoms with van der Waals surface area (Å²) in [7, 11) is 0. The number of nitrogens with zero attached hydrogens (tertiary/aromatic N) is 2. The van der Waals surface area contributed by atoms with Crippen LogP contribution in [0, 0.1) is 6.92 Å². The zero-order chi connectivity index (χ0) is 21.5. The summed E-state index contributed by atoms with van der Waals surface area (Å²) in [5.41, 5.74) is 3.47. The third kappa shape index (κ3) is 6.00. The second-order valence-electron chi connectivity index (χ2n) is 6.96. The molecule has 2 aromatic rings. The lowest BCUT2D eigenvalue weighted by Gasteiger charge is -2.12. The van der Waals surface area contributed by atoms with Gasteiger partial charge in [-0.25, -0.2) is 5.01 Å². The Bertz CT molecular complexity index is 976. The summed E-state index contributed by atoms with van der Waals surface area (Å²) >= 11 is 3.37. The molecule has 3 amide bonds. The van der Waals surface area contributed by atoms with Gasteiger partial charge in [-0.05, 0) is 36.2 Å². The predicted octanol–water partition coefficient (Wildman–Crippen LogP) is 3.23. The van der Waals surface area contributed by atoms with Crippen LogP contribution in [0.5, 0.6) is 0 Å². The van der Waals surface area contributed by atoms with E-state index in [0.29, 0.717) is 18.7 Å². The van der Waals surface area contributed by atoms with Gasteiger partial charge in [0.2, 0.25) is 17.7 Å². The van der Waals surface area contributed by atoms with Gasteiger partial charge in [0, 0.05) is 29.4 Å². The van der Waals surface area contributed by atoms with Gasteiger partial charge in [0.1, 0.15) is 0 Å². The topological polar surface area (TPSA) is 90.9 Å². The zero-order valence-electron chi connectivity index (χ0n) is 16.7. The van der Waals surface area contributed by atoms with E-state index in [9.17, 15) is 14.4 Å². The fraction of sp³-hybridized carbons (Fsp3) is 0.273. The van der Waals surface area contributed by atoms with Gasteiger partial charge in [-0.2, -0.15) is 5.10 Å². The highest BCUT2D eigenvalue weighted by Gasteiger charge is 2.22. The van der Waals surface area contributed by atoms with E-state index in [1.807, 2.05) is 49.4 Å². The molecule has 1 aliphatic heterocycles. The van der Waals surface area contributed by atoms with Gasteiger partial charge in [-0.3, -0.25) is 14.4 Å². The Morgan fingerprint density at radius 3 is 2.57 bits per heavy atom. The van der Waals surface area contributed by atoms with Crippen LogP contribution in [0.2, 0.25) is 0 Å². The molecule has 0 saturated heterocycles. The third-order valence-electron chi connectivity index (χ3n) is 4.67. The van der Waals surface area contributed by atoms with Gasteiger partial charge in [-0.15, -0.1) is 0 Å². The molecule has 0 spiro atoms. The van der Waals surface area contributed by atoms with Crippen LogP contribution >= 0.6 is 15.9 Å². The number of amides is 3. The van der Waals surface area contributed by atoms with Gasteiger partial charge in [0.25, 0.3) is 0 Å². The first-order chi connectivity index (χ1) is 14.4. The van der Waals surface area contributed by atoms with E-state index < -0.39 is 0 Å². The Balaban J connectivity index is 1.40. The molecule has 0 bridgehead atoms. The molecule has 2 N–H and O–H groups in total. The van der Waals surface area contributed by atoms with Gasteiger partial charge < -0.3 is 10.6 Å². The largest absolute Gasteiger partial charge is 0.347 e. The predicted molar refractivity (Wildman–Crippen MR) is 119 cm³/mol. The molecule has 8 heteroatoms. The molecule has 30 heavy (non-hydrogen) atoms. The maximum absolute atomic E-state index is 12.3. The molecule has 156 valence electrons. The number of hydrogen-bond acceptors (Lipinski definition) is 4. The number of carbonyl (C=O) groups is 3. The molecule has 0 aromatic heterocycles. The number of aryl methyl sites for hydroxylation is 1.